The Kier molecular flexibility index (Phi) is 7.65. The van der Waals surface area contributed by atoms with E-state index in [9.17, 15) is 9.59 Å². The average Bonchev–Trinajstić information content (AvgIpc) is 2.63. The summed E-state index contributed by atoms with van der Waals surface area (Å²) in [6, 6.07) is 13.2. The molecule has 0 saturated heterocycles. The summed E-state index contributed by atoms with van der Waals surface area (Å²) in [6.45, 7) is 13.7. The fourth-order valence-corrected chi connectivity index (χ4v) is 3.25. The van der Waals surface area contributed by atoms with Crippen LogP contribution in [-0.2, 0) is 16.1 Å². The first kappa shape index (κ1) is 23.5. The Morgan fingerprint density at radius 1 is 1.03 bits per heavy atom. The van der Waals surface area contributed by atoms with Gasteiger partial charge in [0.1, 0.15) is 11.8 Å². The van der Waals surface area contributed by atoms with Crippen LogP contribution in [-0.4, -0.2) is 34.9 Å². The molecule has 2 amide bonds. The molecule has 162 valence electrons. The van der Waals surface area contributed by atoms with Gasteiger partial charge >= 0.3 is 0 Å². The molecule has 5 nitrogen and oxygen atoms in total. The minimum absolute atomic E-state index is 0.122. The fraction of sp³-hybridized carbons (Fsp3) is 0.440. The van der Waals surface area contributed by atoms with E-state index in [4.69, 9.17) is 4.74 Å². The molecule has 2 rings (SSSR count). The van der Waals surface area contributed by atoms with E-state index in [2.05, 4.69) is 5.32 Å². The van der Waals surface area contributed by atoms with Gasteiger partial charge in [0.15, 0.2) is 6.61 Å². The molecule has 1 unspecified atom stereocenters. The molecule has 0 fully saturated rings. The third-order valence-electron chi connectivity index (χ3n) is 4.78. The van der Waals surface area contributed by atoms with Crippen LogP contribution in [0.5, 0.6) is 5.75 Å². The molecule has 0 aliphatic heterocycles. The molecular formula is C25H34N2O3. The number of rotatable bonds is 7. The van der Waals surface area contributed by atoms with Gasteiger partial charge in [-0.3, -0.25) is 9.59 Å². The number of hydrogen-bond acceptors (Lipinski definition) is 3. The second-order valence-corrected chi connectivity index (χ2v) is 8.98. The van der Waals surface area contributed by atoms with E-state index in [0.717, 1.165) is 22.3 Å². The molecule has 2 aromatic rings. The van der Waals surface area contributed by atoms with Gasteiger partial charge in [0, 0.05) is 12.1 Å². The molecule has 0 aromatic heterocycles. The van der Waals surface area contributed by atoms with Crippen LogP contribution in [0.4, 0.5) is 0 Å². The molecule has 1 atom stereocenters. The van der Waals surface area contributed by atoms with E-state index in [1.54, 1.807) is 11.8 Å². The largest absolute Gasteiger partial charge is 0.483 e. The maximum absolute atomic E-state index is 13.1. The minimum atomic E-state index is -0.625. The Balaban J connectivity index is 2.20. The number of carbonyl (C=O) groups excluding carboxylic acids is 2. The predicted octanol–water partition coefficient (Wildman–Crippen LogP) is 4.32. The van der Waals surface area contributed by atoms with Crippen LogP contribution in [0.2, 0.25) is 0 Å². The molecular weight excluding hydrogens is 376 g/mol. The second kappa shape index (κ2) is 9.79. The zero-order chi connectivity index (χ0) is 22.5. The van der Waals surface area contributed by atoms with E-state index in [0.29, 0.717) is 12.3 Å². The molecule has 1 N–H and O–H groups in total. The number of benzene rings is 2. The molecule has 2 aromatic carbocycles. The number of nitrogens with one attached hydrogen (secondary N) is 1. The lowest BCUT2D eigenvalue weighted by Crippen LogP contribution is -2.53. The van der Waals surface area contributed by atoms with Crippen LogP contribution >= 0.6 is 0 Å². The number of carbonyl (C=O) groups is 2. The Morgan fingerprint density at radius 2 is 1.70 bits per heavy atom. The monoisotopic (exact) mass is 410 g/mol. The van der Waals surface area contributed by atoms with Gasteiger partial charge in [-0.15, -0.1) is 0 Å². The van der Waals surface area contributed by atoms with Gasteiger partial charge in [-0.25, -0.2) is 0 Å². The van der Waals surface area contributed by atoms with Gasteiger partial charge in [-0.1, -0.05) is 47.5 Å². The molecule has 0 heterocycles. The lowest BCUT2D eigenvalue weighted by Gasteiger charge is -2.31. The number of nitrogens with zero attached hydrogens (tertiary/aromatic N) is 1. The zero-order valence-electron chi connectivity index (χ0n) is 19.2. The summed E-state index contributed by atoms with van der Waals surface area (Å²) < 4.78 is 5.80. The van der Waals surface area contributed by atoms with Crippen LogP contribution in [0.15, 0.2) is 42.5 Å². The summed E-state index contributed by atoms with van der Waals surface area (Å²) in [7, 11) is 0. The first-order chi connectivity index (χ1) is 14.0. The molecule has 0 aliphatic carbocycles. The first-order valence-electron chi connectivity index (χ1n) is 10.3. The first-order valence-corrected chi connectivity index (χ1v) is 10.3. The number of hydrogen-bond donors (Lipinski definition) is 1. The third-order valence-corrected chi connectivity index (χ3v) is 4.78. The standard InChI is InChI=1S/C25H34N2O3/c1-17-9-8-10-21(14-17)15-27(20(4)24(29)26-25(5,6)7)23(28)16-30-22-12-11-18(2)13-19(22)3/h8-14,20H,15-16H2,1-7H3,(H,26,29). The maximum Gasteiger partial charge on any atom is 0.261 e. The van der Waals surface area contributed by atoms with E-state index in [1.165, 1.54) is 0 Å². The van der Waals surface area contributed by atoms with Crippen LogP contribution in [0.25, 0.3) is 0 Å². The molecule has 30 heavy (non-hydrogen) atoms. The van der Waals surface area contributed by atoms with Crippen molar-refractivity contribution in [1.82, 2.24) is 10.2 Å². The Morgan fingerprint density at radius 3 is 2.30 bits per heavy atom. The van der Waals surface area contributed by atoms with Crippen LogP contribution in [0, 0.1) is 20.8 Å². The van der Waals surface area contributed by atoms with Crippen molar-refractivity contribution in [3.8, 4) is 5.75 Å². The van der Waals surface area contributed by atoms with Crippen molar-refractivity contribution < 1.29 is 14.3 Å². The predicted molar refractivity (Wildman–Crippen MR) is 120 cm³/mol. The summed E-state index contributed by atoms with van der Waals surface area (Å²) in [6.07, 6.45) is 0. The molecule has 0 aliphatic rings. The minimum Gasteiger partial charge on any atom is -0.483 e. The van der Waals surface area contributed by atoms with Crippen LogP contribution < -0.4 is 10.1 Å². The summed E-state index contributed by atoms with van der Waals surface area (Å²) in [5, 5.41) is 2.97. The summed E-state index contributed by atoms with van der Waals surface area (Å²) in [4.78, 5) is 27.5. The van der Waals surface area contributed by atoms with Gasteiger partial charge in [0.05, 0.1) is 0 Å². The van der Waals surface area contributed by atoms with E-state index in [-0.39, 0.29) is 24.0 Å². The van der Waals surface area contributed by atoms with E-state index >= 15 is 0 Å². The topological polar surface area (TPSA) is 58.6 Å². The highest BCUT2D eigenvalue weighted by Gasteiger charge is 2.28. The highest BCUT2D eigenvalue weighted by atomic mass is 16.5. The van der Waals surface area contributed by atoms with E-state index in [1.807, 2.05) is 84.0 Å². The van der Waals surface area contributed by atoms with Crippen LogP contribution in [0.3, 0.4) is 0 Å². The molecule has 0 saturated carbocycles. The summed E-state index contributed by atoms with van der Waals surface area (Å²) >= 11 is 0. The van der Waals surface area contributed by atoms with Crippen molar-refractivity contribution in [3.63, 3.8) is 0 Å². The van der Waals surface area contributed by atoms with E-state index < -0.39 is 6.04 Å². The van der Waals surface area contributed by atoms with Gasteiger partial charge in [-0.05, 0) is 65.7 Å². The van der Waals surface area contributed by atoms with Crippen molar-refractivity contribution in [3.05, 3.63) is 64.7 Å². The Hall–Kier alpha value is -2.82. The number of amides is 2. The summed E-state index contributed by atoms with van der Waals surface area (Å²) in [5.41, 5.74) is 3.83. The zero-order valence-corrected chi connectivity index (χ0v) is 19.2. The lowest BCUT2D eigenvalue weighted by atomic mass is 10.1. The molecule has 5 heteroatoms. The van der Waals surface area contributed by atoms with Crippen molar-refractivity contribution in [2.75, 3.05) is 6.61 Å². The Labute approximate surface area is 180 Å². The third kappa shape index (κ3) is 6.90. The highest BCUT2D eigenvalue weighted by molar-refractivity contribution is 5.88. The van der Waals surface area contributed by atoms with Crippen molar-refractivity contribution >= 4 is 11.8 Å². The Bertz CT molecular complexity index is 900. The quantitative estimate of drug-likeness (QED) is 0.739. The van der Waals surface area contributed by atoms with Gasteiger partial charge in [0.25, 0.3) is 5.91 Å². The number of aryl methyl sites for hydroxylation is 3. The van der Waals surface area contributed by atoms with Gasteiger partial charge in [-0.2, -0.15) is 0 Å². The fourth-order valence-electron chi connectivity index (χ4n) is 3.25. The summed E-state index contributed by atoms with van der Waals surface area (Å²) in [5.74, 6) is 0.263. The normalized spacial score (nSPS) is 12.2. The molecule has 0 radical (unpaired) electrons. The second-order valence-electron chi connectivity index (χ2n) is 8.98. The average molecular weight is 411 g/mol. The van der Waals surface area contributed by atoms with Crippen molar-refractivity contribution in [2.24, 2.45) is 0 Å². The SMILES string of the molecule is Cc1cccc(CN(C(=O)COc2ccc(C)cc2C)C(C)C(=O)NC(C)(C)C)c1. The van der Waals surface area contributed by atoms with Crippen molar-refractivity contribution in [1.29, 1.82) is 0 Å². The van der Waals surface area contributed by atoms with Gasteiger partial charge < -0.3 is 15.0 Å². The van der Waals surface area contributed by atoms with Crippen LogP contribution in [0.1, 0.15) is 49.9 Å². The number of ether oxygens (including phenoxy) is 1. The molecule has 0 spiro atoms. The maximum atomic E-state index is 13.1. The smallest absolute Gasteiger partial charge is 0.261 e. The highest BCUT2D eigenvalue weighted by Crippen LogP contribution is 2.19. The lowest BCUT2D eigenvalue weighted by molar-refractivity contribution is -0.142. The van der Waals surface area contributed by atoms with Crippen molar-refractivity contribution in [2.45, 2.75) is 66.6 Å². The molecule has 0 bridgehead atoms. The van der Waals surface area contributed by atoms with Gasteiger partial charge in [0.2, 0.25) is 5.91 Å².